The molecule has 0 radical (unpaired) electrons. The Morgan fingerprint density at radius 2 is 1.59 bits per heavy atom. The molecule has 2 aliphatic rings. The van der Waals surface area contributed by atoms with Crippen molar-refractivity contribution in [3.8, 4) is 5.75 Å². The van der Waals surface area contributed by atoms with Gasteiger partial charge >= 0.3 is 0 Å². The summed E-state index contributed by atoms with van der Waals surface area (Å²) >= 11 is 0. The molecule has 2 N–H and O–H groups in total. The van der Waals surface area contributed by atoms with Crippen LogP contribution in [-0.4, -0.2) is 88.1 Å². The number of anilines is 4. The fraction of sp³-hybridized carbons (Fsp3) is 0.375. The molecule has 1 saturated heterocycles. The summed E-state index contributed by atoms with van der Waals surface area (Å²) in [6, 6.07) is 21.2. The second-order valence-electron chi connectivity index (χ2n) is 10.9. The van der Waals surface area contributed by atoms with Crippen molar-refractivity contribution in [2.75, 3.05) is 75.6 Å². The van der Waals surface area contributed by atoms with Crippen LogP contribution in [0.2, 0.25) is 0 Å². The number of carbonyl (C=O) groups is 2. The normalized spacial score (nSPS) is 17.8. The number of fused-ring (bicyclic) bond motifs is 1. The molecular formula is C32H40N6O3. The summed E-state index contributed by atoms with van der Waals surface area (Å²) in [6.45, 7) is 8.27. The summed E-state index contributed by atoms with van der Waals surface area (Å²) in [5, 5.41) is 6.51. The van der Waals surface area contributed by atoms with Crippen molar-refractivity contribution in [1.82, 2.24) is 15.1 Å². The zero-order valence-electron chi connectivity index (χ0n) is 24.4. The average Bonchev–Trinajstić information content (AvgIpc) is 3.00. The van der Waals surface area contributed by atoms with Gasteiger partial charge in [0.25, 0.3) is 5.91 Å². The van der Waals surface area contributed by atoms with Gasteiger partial charge in [0, 0.05) is 69.8 Å². The molecule has 9 heteroatoms. The van der Waals surface area contributed by atoms with E-state index < -0.39 is 0 Å². The van der Waals surface area contributed by atoms with E-state index in [0.717, 1.165) is 66.8 Å². The summed E-state index contributed by atoms with van der Waals surface area (Å²) < 4.78 is 5.30. The van der Waals surface area contributed by atoms with Crippen LogP contribution in [0.3, 0.4) is 0 Å². The van der Waals surface area contributed by atoms with E-state index in [1.807, 2.05) is 74.6 Å². The van der Waals surface area contributed by atoms with Crippen LogP contribution < -0.4 is 25.2 Å². The molecule has 41 heavy (non-hydrogen) atoms. The van der Waals surface area contributed by atoms with Crippen molar-refractivity contribution in [2.24, 2.45) is 0 Å². The van der Waals surface area contributed by atoms with Crippen LogP contribution in [-0.2, 0) is 11.3 Å². The van der Waals surface area contributed by atoms with Gasteiger partial charge in [-0.3, -0.25) is 14.5 Å². The number of ether oxygens (including phenoxy) is 1. The summed E-state index contributed by atoms with van der Waals surface area (Å²) in [5.41, 5.74) is 5.37. The van der Waals surface area contributed by atoms with Crippen LogP contribution in [0.15, 0.2) is 66.7 Å². The molecule has 2 aliphatic heterocycles. The minimum absolute atomic E-state index is 0.0594. The van der Waals surface area contributed by atoms with Gasteiger partial charge in [-0.2, -0.15) is 0 Å². The molecule has 0 aromatic heterocycles. The fourth-order valence-corrected chi connectivity index (χ4v) is 5.38. The number of methoxy groups -OCH3 is 1. The first-order valence-corrected chi connectivity index (χ1v) is 14.2. The molecule has 3 aromatic rings. The molecule has 5 rings (SSSR count). The number of hydrogen-bond donors (Lipinski definition) is 2. The first kappa shape index (κ1) is 28.4. The number of hydrogen-bond acceptors (Lipinski definition) is 7. The molecular weight excluding hydrogens is 516 g/mol. The average molecular weight is 557 g/mol. The Morgan fingerprint density at radius 3 is 2.27 bits per heavy atom. The van der Waals surface area contributed by atoms with E-state index >= 15 is 0 Å². The van der Waals surface area contributed by atoms with Crippen LogP contribution in [0.4, 0.5) is 22.7 Å². The highest BCUT2D eigenvalue weighted by molar-refractivity contribution is 6.05. The van der Waals surface area contributed by atoms with Crippen molar-refractivity contribution in [3.05, 3.63) is 77.9 Å². The lowest BCUT2D eigenvalue weighted by Gasteiger charge is -2.40. The Balaban J connectivity index is 1.24. The highest BCUT2D eigenvalue weighted by atomic mass is 16.5. The van der Waals surface area contributed by atoms with Crippen LogP contribution in [0.5, 0.6) is 5.75 Å². The Hall–Kier alpha value is -4.08. The summed E-state index contributed by atoms with van der Waals surface area (Å²) in [4.78, 5) is 34.3. The molecule has 2 amide bonds. The van der Waals surface area contributed by atoms with Crippen molar-refractivity contribution < 1.29 is 14.3 Å². The predicted octanol–water partition coefficient (Wildman–Crippen LogP) is 3.79. The lowest BCUT2D eigenvalue weighted by molar-refractivity contribution is -0.119. The number of benzene rings is 3. The van der Waals surface area contributed by atoms with E-state index in [2.05, 4.69) is 38.4 Å². The van der Waals surface area contributed by atoms with E-state index in [0.29, 0.717) is 18.7 Å². The number of likely N-dealkylation sites (N-methyl/N-ethyl adjacent to an activating group) is 2. The minimum atomic E-state index is -0.307. The van der Waals surface area contributed by atoms with Crippen LogP contribution in [0.1, 0.15) is 22.8 Å². The molecule has 0 bridgehead atoms. The van der Waals surface area contributed by atoms with Crippen molar-refractivity contribution in [1.29, 1.82) is 0 Å². The molecule has 0 aliphatic carbocycles. The van der Waals surface area contributed by atoms with Gasteiger partial charge in [0.1, 0.15) is 11.8 Å². The van der Waals surface area contributed by atoms with Crippen molar-refractivity contribution >= 4 is 34.6 Å². The molecule has 9 nitrogen and oxygen atoms in total. The van der Waals surface area contributed by atoms with Gasteiger partial charge in [-0.05, 0) is 74.1 Å². The van der Waals surface area contributed by atoms with Gasteiger partial charge in [-0.15, -0.1) is 0 Å². The maximum atomic E-state index is 13.0. The van der Waals surface area contributed by atoms with Gasteiger partial charge < -0.3 is 30.1 Å². The topological polar surface area (TPSA) is 80.4 Å². The second kappa shape index (κ2) is 12.6. The lowest BCUT2D eigenvalue weighted by atomic mass is 10.0. The SMILES string of the molecule is COc1ccc(CN2c3cc(Nc4ccc(C(=O)NCCN5CCN(C)CC5)cc4)ccc3N(C)C(=O)C2C)cc1. The van der Waals surface area contributed by atoms with E-state index in [4.69, 9.17) is 4.74 Å². The molecule has 0 spiro atoms. The second-order valence-corrected chi connectivity index (χ2v) is 10.9. The maximum absolute atomic E-state index is 13.0. The summed E-state index contributed by atoms with van der Waals surface area (Å²) in [5.74, 6) is 0.803. The zero-order chi connectivity index (χ0) is 28.9. The van der Waals surface area contributed by atoms with Crippen LogP contribution in [0.25, 0.3) is 0 Å². The third-order valence-corrected chi connectivity index (χ3v) is 8.06. The standard InChI is InChI=1S/C32H40N6O3/c1-23-32(40)36(3)29-14-11-27(21-30(29)38(23)22-24-5-12-28(41-4)13-6-24)34-26-9-7-25(8-10-26)31(39)33-15-16-37-19-17-35(2)18-20-37/h5-14,21,23,34H,15-20,22H2,1-4H3,(H,33,39). The van der Waals surface area contributed by atoms with Crippen molar-refractivity contribution in [2.45, 2.75) is 19.5 Å². The Kier molecular flexibility index (Phi) is 8.75. The highest BCUT2D eigenvalue weighted by Gasteiger charge is 2.33. The smallest absolute Gasteiger partial charge is 0.251 e. The van der Waals surface area contributed by atoms with Crippen molar-refractivity contribution in [3.63, 3.8) is 0 Å². The van der Waals surface area contributed by atoms with E-state index in [1.165, 1.54) is 0 Å². The summed E-state index contributed by atoms with van der Waals surface area (Å²) in [6.07, 6.45) is 0. The first-order chi connectivity index (χ1) is 19.8. The number of carbonyl (C=O) groups excluding carboxylic acids is 2. The Labute approximate surface area is 242 Å². The third kappa shape index (κ3) is 6.64. The maximum Gasteiger partial charge on any atom is 0.251 e. The molecule has 1 atom stereocenters. The van der Waals surface area contributed by atoms with Gasteiger partial charge in [0.15, 0.2) is 0 Å². The molecule has 0 saturated carbocycles. The van der Waals surface area contributed by atoms with Gasteiger partial charge in [-0.25, -0.2) is 0 Å². The molecule has 216 valence electrons. The van der Waals surface area contributed by atoms with Crippen LogP contribution >= 0.6 is 0 Å². The first-order valence-electron chi connectivity index (χ1n) is 14.2. The molecule has 1 fully saturated rings. The molecule has 3 aromatic carbocycles. The van der Waals surface area contributed by atoms with Gasteiger partial charge in [0.2, 0.25) is 5.91 Å². The number of nitrogens with zero attached hydrogens (tertiary/aromatic N) is 4. The number of rotatable bonds is 9. The zero-order valence-corrected chi connectivity index (χ0v) is 24.4. The Morgan fingerprint density at radius 1 is 0.902 bits per heavy atom. The quantitative estimate of drug-likeness (QED) is 0.415. The minimum Gasteiger partial charge on any atom is -0.497 e. The largest absolute Gasteiger partial charge is 0.497 e. The van der Waals surface area contributed by atoms with E-state index in [1.54, 1.807) is 12.0 Å². The summed E-state index contributed by atoms with van der Waals surface area (Å²) in [7, 11) is 5.62. The van der Waals surface area contributed by atoms with Gasteiger partial charge in [0.05, 0.1) is 18.5 Å². The van der Waals surface area contributed by atoms with E-state index in [-0.39, 0.29) is 17.9 Å². The monoisotopic (exact) mass is 556 g/mol. The number of amides is 2. The third-order valence-electron chi connectivity index (χ3n) is 8.06. The fourth-order valence-electron chi connectivity index (χ4n) is 5.38. The molecule has 1 unspecified atom stereocenters. The van der Waals surface area contributed by atoms with E-state index in [9.17, 15) is 9.59 Å². The highest BCUT2D eigenvalue weighted by Crippen LogP contribution is 2.39. The predicted molar refractivity (Wildman–Crippen MR) is 164 cm³/mol. The van der Waals surface area contributed by atoms with Gasteiger partial charge in [-0.1, -0.05) is 12.1 Å². The number of piperazine rings is 1. The number of nitrogens with one attached hydrogen (secondary N) is 2. The lowest BCUT2D eigenvalue weighted by Crippen LogP contribution is -2.50. The van der Waals surface area contributed by atoms with Crippen LogP contribution in [0, 0.1) is 0 Å². The Bertz CT molecular complexity index is 1350. The molecule has 2 heterocycles.